The molecule has 2 rings (SSSR count). The highest BCUT2D eigenvalue weighted by atomic mass is 35.5. The van der Waals surface area contributed by atoms with E-state index in [1.165, 1.54) is 12.2 Å². The molecule has 0 saturated heterocycles. The Morgan fingerprint density at radius 3 is 2.07 bits per heavy atom. The fourth-order valence-corrected chi connectivity index (χ4v) is 4.03. The highest BCUT2D eigenvalue weighted by molar-refractivity contribution is 6.43. The van der Waals surface area contributed by atoms with Crippen LogP contribution in [0.3, 0.4) is 0 Å². The van der Waals surface area contributed by atoms with Crippen molar-refractivity contribution in [1.29, 1.82) is 0 Å². The number of amides is 2. The van der Waals surface area contributed by atoms with Gasteiger partial charge in [-0.2, -0.15) is 39.5 Å². The van der Waals surface area contributed by atoms with E-state index in [2.05, 4.69) is 6.58 Å². The lowest BCUT2D eigenvalue weighted by atomic mass is 9.93. The number of allylic oxidation sites excluding steroid dienone is 2. The average molecular weight is 653 g/mol. The summed E-state index contributed by atoms with van der Waals surface area (Å²) in [6.45, 7) is 4.13. The summed E-state index contributed by atoms with van der Waals surface area (Å²) in [4.78, 5) is 24.2. The number of hydrogen-bond acceptors (Lipinski definition) is 2. The summed E-state index contributed by atoms with van der Waals surface area (Å²) in [5, 5.41) is 2.79. The zero-order chi connectivity index (χ0) is 32.4. The minimum Gasteiger partial charge on any atom is -0.345 e. The van der Waals surface area contributed by atoms with Crippen molar-refractivity contribution in [2.24, 2.45) is 0 Å². The molecule has 4 nitrogen and oxygen atoms in total. The van der Waals surface area contributed by atoms with E-state index in [0.29, 0.717) is 12.1 Å². The predicted octanol–water partition coefficient (Wildman–Crippen LogP) is 8.50. The molecule has 0 saturated carbocycles. The third kappa shape index (κ3) is 9.12. The van der Waals surface area contributed by atoms with Gasteiger partial charge < -0.3 is 10.6 Å². The van der Waals surface area contributed by atoms with Crippen LogP contribution in [0.4, 0.5) is 43.9 Å². The van der Waals surface area contributed by atoms with Crippen molar-refractivity contribution in [3.63, 3.8) is 0 Å². The zero-order valence-electron chi connectivity index (χ0n) is 21.4. The van der Waals surface area contributed by atoms with Crippen LogP contribution in [-0.4, -0.2) is 36.8 Å². The van der Waals surface area contributed by atoms with Gasteiger partial charge in [0.1, 0.15) is 24.3 Å². The number of alkyl halides is 9. The first kappa shape index (κ1) is 34.9. The van der Waals surface area contributed by atoms with Crippen molar-refractivity contribution < 1.29 is 53.5 Å². The van der Waals surface area contributed by atoms with Gasteiger partial charge in [-0.3, -0.25) is 9.59 Å². The van der Waals surface area contributed by atoms with E-state index in [-0.39, 0.29) is 33.3 Å². The normalized spacial score (nSPS) is 14.3. The van der Waals surface area contributed by atoms with E-state index in [1.54, 1.807) is 5.32 Å². The van der Waals surface area contributed by atoms with E-state index in [1.807, 2.05) is 0 Å². The van der Waals surface area contributed by atoms with Crippen molar-refractivity contribution in [3.8, 4) is 0 Å². The van der Waals surface area contributed by atoms with E-state index >= 15 is 4.39 Å². The van der Waals surface area contributed by atoms with Gasteiger partial charge in [0.2, 0.25) is 5.91 Å². The summed E-state index contributed by atoms with van der Waals surface area (Å²) in [6, 6.07) is 1.17. The number of halogens is 12. The summed E-state index contributed by atoms with van der Waals surface area (Å²) in [5.41, 5.74) is -4.27. The zero-order valence-corrected chi connectivity index (χ0v) is 22.9. The molecule has 230 valence electrons. The van der Waals surface area contributed by atoms with Crippen molar-refractivity contribution in [3.05, 3.63) is 80.8 Å². The van der Waals surface area contributed by atoms with Crippen LogP contribution < -0.4 is 10.6 Å². The monoisotopic (exact) mass is 652 g/mol. The van der Waals surface area contributed by atoms with Gasteiger partial charge in [0, 0.05) is 5.56 Å². The van der Waals surface area contributed by atoms with Gasteiger partial charge in [0.25, 0.3) is 5.91 Å². The molecule has 2 atom stereocenters. The number of carbonyl (C=O) groups is 2. The Hall–Kier alpha value is -3.26. The Morgan fingerprint density at radius 2 is 1.57 bits per heavy atom. The minimum atomic E-state index is -5.34. The Bertz CT molecular complexity index is 1400. The number of benzene rings is 2. The molecule has 2 amide bonds. The van der Waals surface area contributed by atoms with Gasteiger partial charge in [-0.05, 0) is 60.9 Å². The fraction of sp³-hybridized carbons (Fsp3) is 0.308. The summed E-state index contributed by atoms with van der Waals surface area (Å²) >= 11 is 11.9. The molecule has 2 N–H and O–H groups in total. The molecular formula is C26H20Cl2F10N2O2. The molecule has 42 heavy (non-hydrogen) atoms. The molecule has 0 radical (unpaired) electrons. The fourth-order valence-electron chi connectivity index (χ4n) is 3.53. The maximum absolute atomic E-state index is 15.1. The summed E-state index contributed by atoms with van der Waals surface area (Å²) < 4.78 is 135. The lowest BCUT2D eigenvalue weighted by molar-refractivity contribution is -0.140. The van der Waals surface area contributed by atoms with Crippen LogP contribution in [0.25, 0.3) is 11.4 Å². The van der Waals surface area contributed by atoms with Crippen molar-refractivity contribution in [2.75, 3.05) is 6.54 Å². The molecule has 0 bridgehead atoms. The smallest absolute Gasteiger partial charge is 0.345 e. The molecule has 2 unspecified atom stereocenters. The van der Waals surface area contributed by atoms with Gasteiger partial charge in [-0.25, -0.2) is 4.39 Å². The number of nitrogens with one attached hydrogen (secondary N) is 2. The average Bonchev–Trinajstić information content (AvgIpc) is 2.84. The highest BCUT2D eigenvalue weighted by Crippen LogP contribution is 2.43. The minimum absolute atomic E-state index is 0.0179. The SMILES string of the molecule is C=C(C)c1cc(C(/C=C(\F)c2ccc(C(=O)NC(C)C(=O)NCC(F)(F)F)c(C(F)(F)F)c2)C(F)(F)F)cc(Cl)c1Cl. The second-order valence-electron chi connectivity index (χ2n) is 8.96. The van der Waals surface area contributed by atoms with E-state index < -0.39 is 76.9 Å². The largest absolute Gasteiger partial charge is 0.417 e. The summed E-state index contributed by atoms with van der Waals surface area (Å²) in [7, 11) is 0. The highest BCUT2D eigenvalue weighted by Gasteiger charge is 2.41. The Labute approximate surface area is 242 Å². The Balaban J connectivity index is 2.50. The molecule has 2 aromatic rings. The van der Waals surface area contributed by atoms with E-state index in [9.17, 15) is 49.1 Å². The first-order chi connectivity index (χ1) is 19.0. The quantitative estimate of drug-likeness (QED) is 0.281. The molecule has 0 aliphatic rings. The Morgan fingerprint density at radius 1 is 0.976 bits per heavy atom. The first-order valence-corrected chi connectivity index (χ1v) is 12.2. The van der Waals surface area contributed by atoms with Gasteiger partial charge in [0.05, 0.1) is 21.2 Å². The van der Waals surface area contributed by atoms with Gasteiger partial charge in [0.15, 0.2) is 0 Å². The predicted molar refractivity (Wildman–Crippen MR) is 136 cm³/mol. The first-order valence-electron chi connectivity index (χ1n) is 11.5. The van der Waals surface area contributed by atoms with Crippen LogP contribution in [-0.2, 0) is 11.0 Å². The maximum atomic E-state index is 15.1. The lowest BCUT2D eigenvalue weighted by Gasteiger charge is -2.20. The topological polar surface area (TPSA) is 58.2 Å². The van der Waals surface area contributed by atoms with Gasteiger partial charge in [-0.1, -0.05) is 35.8 Å². The molecule has 16 heteroatoms. The molecule has 0 aliphatic heterocycles. The van der Waals surface area contributed by atoms with Crippen LogP contribution >= 0.6 is 23.2 Å². The second-order valence-corrected chi connectivity index (χ2v) is 9.75. The van der Waals surface area contributed by atoms with E-state index in [0.717, 1.165) is 19.1 Å². The molecule has 2 aromatic carbocycles. The lowest BCUT2D eigenvalue weighted by Crippen LogP contribution is -2.47. The Kier molecular flexibility index (Phi) is 10.8. The number of hydrogen-bond donors (Lipinski definition) is 2. The van der Waals surface area contributed by atoms with E-state index in [4.69, 9.17) is 23.2 Å². The number of rotatable bonds is 8. The summed E-state index contributed by atoms with van der Waals surface area (Å²) in [6.07, 6.45) is -15.3. The molecule has 0 aliphatic carbocycles. The van der Waals surface area contributed by atoms with Crippen molar-refractivity contribution in [1.82, 2.24) is 10.6 Å². The van der Waals surface area contributed by atoms with Gasteiger partial charge >= 0.3 is 18.5 Å². The second kappa shape index (κ2) is 12.9. The molecule has 0 heterocycles. The van der Waals surface area contributed by atoms with Crippen LogP contribution in [0.5, 0.6) is 0 Å². The standard InChI is InChI=1S/C26H20Cl2F10N2O2/c1-11(2)16-6-14(8-19(27)21(16)28)17(25(33,34)35)9-20(29)13-4-5-15(18(7-13)26(36,37)38)23(42)40-12(3)22(41)39-10-24(30,31)32/h4-9,12,17H,1,10H2,2-3H3,(H,39,41)(H,40,42)/b20-9-. The third-order valence-corrected chi connectivity index (χ3v) is 6.39. The van der Waals surface area contributed by atoms with Crippen LogP contribution in [0.15, 0.2) is 43.0 Å². The molecule has 0 fully saturated rings. The van der Waals surface area contributed by atoms with Crippen LogP contribution in [0.1, 0.15) is 52.4 Å². The van der Waals surface area contributed by atoms with Crippen LogP contribution in [0.2, 0.25) is 10.0 Å². The van der Waals surface area contributed by atoms with Crippen molar-refractivity contribution >= 4 is 46.4 Å². The maximum Gasteiger partial charge on any atom is 0.417 e. The van der Waals surface area contributed by atoms with Crippen LogP contribution in [0, 0.1) is 0 Å². The number of carbonyl (C=O) groups excluding carboxylic acids is 2. The third-order valence-electron chi connectivity index (χ3n) is 5.58. The molecular weight excluding hydrogens is 633 g/mol. The van der Waals surface area contributed by atoms with Gasteiger partial charge in [-0.15, -0.1) is 0 Å². The molecule has 0 aromatic heterocycles. The summed E-state index contributed by atoms with van der Waals surface area (Å²) in [5.74, 6) is -7.37. The molecule has 0 spiro atoms. The van der Waals surface area contributed by atoms with Crippen molar-refractivity contribution in [2.45, 2.75) is 44.3 Å².